The maximum Gasteiger partial charge on any atom is 0.128 e. The summed E-state index contributed by atoms with van der Waals surface area (Å²) in [6.07, 6.45) is 1.74. The molecule has 0 aliphatic carbocycles. The van der Waals surface area contributed by atoms with Crippen LogP contribution in [0.1, 0.15) is 6.92 Å². The highest BCUT2D eigenvalue weighted by Gasteiger charge is 2.06. The minimum absolute atomic E-state index is 0.648. The molecule has 0 aliphatic heterocycles. The van der Waals surface area contributed by atoms with Gasteiger partial charge in [0.25, 0.3) is 0 Å². The highest BCUT2D eigenvalue weighted by molar-refractivity contribution is 5.67. The van der Waals surface area contributed by atoms with Crippen molar-refractivity contribution in [1.82, 2.24) is 4.98 Å². The van der Waals surface area contributed by atoms with Gasteiger partial charge in [-0.25, -0.2) is 0 Å². The van der Waals surface area contributed by atoms with E-state index in [1.54, 1.807) is 13.3 Å². The fourth-order valence-corrected chi connectivity index (χ4v) is 1.67. The Kier molecular flexibility index (Phi) is 3.60. The number of rotatable bonds is 4. The van der Waals surface area contributed by atoms with Crippen LogP contribution < -0.4 is 9.47 Å². The zero-order chi connectivity index (χ0) is 12.1. The molecule has 0 amide bonds. The summed E-state index contributed by atoms with van der Waals surface area (Å²) in [5, 5.41) is 0. The van der Waals surface area contributed by atoms with Crippen molar-refractivity contribution in [1.29, 1.82) is 0 Å². The zero-order valence-corrected chi connectivity index (χ0v) is 10.0. The second-order valence-electron chi connectivity index (χ2n) is 3.51. The van der Waals surface area contributed by atoms with Crippen molar-refractivity contribution in [2.45, 2.75) is 6.92 Å². The Morgan fingerprint density at radius 1 is 1.18 bits per heavy atom. The van der Waals surface area contributed by atoms with Crippen LogP contribution in [0.25, 0.3) is 11.3 Å². The van der Waals surface area contributed by atoms with Gasteiger partial charge in [-0.2, -0.15) is 0 Å². The Hall–Kier alpha value is -2.03. The number of ether oxygens (including phenoxy) is 2. The van der Waals surface area contributed by atoms with E-state index >= 15 is 0 Å². The number of hydrogen-bond donors (Lipinski definition) is 0. The lowest BCUT2D eigenvalue weighted by atomic mass is 10.1. The van der Waals surface area contributed by atoms with Crippen molar-refractivity contribution in [3.8, 4) is 22.8 Å². The van der Waals surface area contributed by atoms with Crippen molar-refractivity contribution in [2.24, 2.45) is 0 Å². The van der Waals surface area contributed by atoms with Gasteiger partial charge in [0.1, 0.15) is 11.5 Å². The first-order valence-electron chi connectivity index (χ1n) is 5.57. The summed E-state index contributed by atoms with van der Waals surface area (Å²) in [5.74, 6) is 1.64. The van der Waals surface area contributed by atoms with Crippen molar-refractivity contribution >= 4 is 0 Å². The number of benzene rings is 1. The maximum atomic E-state index is 5.46. The predicted molar refractivity (Wildman–Crippen MR) is 67.4 cm³/mol. The van der Waals surface area contributed by atoms with Crippen LogP contribution in [0, 0.1) is 0 Å². The summed E-state index contributed by atoms with van der Waals surface area (Å²) in [4.78, 5) is 4.34. The van der Waals surface area contributed by atoms with E-state index in [0.29, 0.717) is 6.61 Å². The smallest absolute Gasteiger partial charge is 0.128 e. The summed E-state index contributed by atoms with van der Waals surface area (Å²) < 4.78 is 10.8. The van der Waals surface area contributed by atoms with Crippen molar-refractivity contribution in [3.05, 3.63) is 42.6 Å². The number of methoxy groups -OCH3 is 1. The molecule has 3 heteroatoms. The third-order valence-electron chi connectivity index (χ3n) is 2.43. The first-order chi connectivity index (χ1) is 8.35. The van der Waals surface area contributed by atoms with Gasteiger partial charge in [0.15, 0.2) is 0 Å². The fourth-order valence-electron chi connectivity index (χ4n) is 1.67. The van der Waals surface area contributed by atoms with Crippen molar-refractivity contribution in [2.75, 3.05) is 13.7 Å². The first kappa shape index (κ1) is 11.5. The van der Waals surface area contributed by atoms with Crippen LogP contribution in [0.3, 0.4) is 0 Å². The second kappa shape index (κ2) is 5.34. The predicted octanol–water partition coefficient (Wildman–Crippen LogP) is 3.16. The number of aromatic nitrogens is 1. The second-order valence-corrected chi connectivity index (χ2v) is 3.51. The lowest BCUT2D eigenvalue weighted by molar-refractivity contribution is 0.340. The molecule has 17 heavy (non-hydrogen) atoms. The Labute approximate surface area is 101 Å². The van der Waals surface area contributed by atoms with E-state index in [4.69, 9.17) is 9.47 Å². The van der Waals surface area contributed by atoms with Crippen LogP contribution in [0.2, 0.25) is 0 Å². The lowest BCUT2D eigenvalue weighted by Gasteiger charge is -2.09. The molecule has 0 radical (unpaired) electrons. The largest absolute Gasteiger partial charge is 0.496 e. The minimum atomic E-state index is 0.648. The van der Waals surface area contributed by atoms with Crippen LogP contribution in [0.5, 0.6) is 11.5 Å². The molecule has 1 aromatic carbocycles. The average Bonchev–Trinajstić information content (AvgIpc) is 2.39. The molecule has 2 aromatic rings. The van der Waals surface area contributed by atoms with E-state index in [0.717, 1.165) is 22.8 Å². The third kappa shape index (κ3) is 2.56. The van der Waals surface area contributed by atoms with Gasteiger partial charge in [0.05, 0.1) is 19.4 Å². The molecule has 2 rings (SSSR count). The SMILES string of the molecule is CCOc1ccnc(-c2ccccc2OC)c1. The monoisotopic (exact) mass is 229 g/mol. The molecule has 3 nitrogen and oxygen atoms in total. The van der Waals surface area contributed by atoms with Gasteiger partial charge in [-0.1, -0.05) is 12.1 Å². The summed E-state index contributed by atoms with van der Waals surface area (Å²) in [6, 6.07) is 11.6. The highest BCUT2D eigenvalue weighted by Crippen LogP contribution is 2.29. The third-order valence-corrected chi connectivity index (χ3v) is 2.43. The van der Waals surface area contributed by atoms with Gasteiger partial charge in [0.2, 0.25) is 0 Å². The molecule has 0 bridgehead atoms. The summed E-state index contributed by atoms with van der Waals surface area (Å²) >= 11 is 0. The molecular formula is C14H15NO2. The van der Waals surface area contributed by atoms with Crippen LogP contribution in [0.15, 0.2) is 42.6 Å². The molecule has 1 heterocycles. The van der Waals surface area contributed by atoms with Gasteiger partial charge in [0, 0.05) is 17.8 Å². The van der Waals surface area contributed by atoms with E-state index in [9.17, 15) is 0 Å². The Morgan fingerprint density at radius 2 is 2.00 bits per heavy atom. The van der Waals surface area contributed by atoms with Crippen LogP contribution in [-0.2, 0) is 0 Å². The van der Waals surface area contributed by atoms with E-state index in [1.807, 2.05) is 43.3 Å². The van der Waals surface area contributed by atoms with Gasteiger partial charge in [-0.05, 0) is 25.1 Å². The minimum Gasteiger partial charge on any atom is -0.496 e. The van der Waals surface area contributed by atoms with Crippen LogP contribution in [0.4, 0.5) is 0 Å². The fraction of sp³-hybridized carbons (Fsp3) is 0.214. The summed E-state index contributed by atoms with van der Waals surface area (Å²) in [5.41, 5.74) is 1.82. The highest BCUT2D eigenvalue weighted by atomic mass is 16.5. The van der Waals surface area contributed by atoms with Crippen molar-refractivity contribution < 1.29 is 9.47 Å². The quantitative estimate of drug-likeness (QED) is 0.807. The Balaban J connectivity index is 2.41. The summed E-state index contributed by atoms with van der Waals surface area (Å²) in [7, 11) is 1.66. The topological polar surface area (TPSA) is 31.4 Å². The van der Waals surface area contributed by atoms with Gasteiger partial charge in [-0.15, -0.1) is 0 Å². The molecular weight excluding hydrogens is 214 g/mol. The molecule has 1 aromatic heterocycles. The number of nitrogens with zero attached hydrogens (tertiary/aromatic N) is 1. The maximum absolute atomic E-state index is 5.46. The zero-order valence-electron chi connectivity index (χ0n) is 10.0. The molecule has 0 N–H and O–H groups in total. The number of pyridine rings is 1. The van der Waals surface area contributed by atoms with Gasteiger partial charge >= 0.3 is 0 Å². The van der Waals surface area contributed by atoms with E-state index < -0.39 is 0 Å². The number of hydrogen-bond acceptors (Lipinski definition) is 3. The molecule has 0 atom stereocenters. The van der Waals surface area contributed by atoms with Gasteiger partial charge < -0.3 is 9.47 Å². The lowest BCUT2D eigenvalue weighted by Crippen LogP contribution is -1.94. The van der Waals surface area contributed by atoms with E-state index in [2.05, 4.69) is 4.98 Å². The van der Waals surface area contributed by atoms with E-state index in [1.165, 1.54) is 0 Å². The van der Waals surface area contributed by atoms with Crippen molar-refractivity contribution in [3.63, 3.8) is 0 Å². The Morgan fingerprint density at radius 3 is 2.76 bits per heavy atom. The Bertz CT molecular complexity index is 497. The molecule has 0 unspecified atom stereocenters. The molecule has 0 saturated carbocycles. The average molecular weight is 229 g/mol. The molecule has 88 valence electrons. The first-order valence-corrected chi connectivity index (χ1v) is 5.57. The van der Waals surface area contributed by atoms with Gasteiger partial charge in [-0.3, -0.25) is 4.98 Å². The summed E-state index contributed by atoms with van der Waals surface area (Å²) in [6.45, 7) is 2.61. The molecule has 0 aliphatic rings. The molecule has 0 fully saturated rings. The van der Waals surface area contributed by atoms with Crippen LogP contribution in [-0.4, -0.2) is 18.7 Å². The van der Waals surface area contributed by atoms with Crippen LogP contribution >= 0.6 is 0 Å². The molecule has 0 spiro atoms. The standard InChI is InChI=1S/C14H15NO2/c1-3-17-11-8-9-15-13(10-11)12-6-4-5-7-14(12)16-2/h4-10H,3H2,1-2H3. The normalized spacial score (nSPS) is 10.0. The molecule has 0 saturated heterocycles. The van der Waals surface area contributed by atoms with E-state index in [-0.39, 0.29) is 0 Å². The number of para-hydroxylation sites is 1.